The maximum Gasteiger partial charge on any atom is 0.181 e. The molecule has 2 nitrogen and oxygen atoms in total. The lowest BCUT2D eigenvalue weighted by atomic mass is 9.98. The molecule has 0 spiro atoms. The van der Waals surface area contributed by atoms with Crippen LogP contribution in [0.4, 0.5) is 0 Å². The first-order chi connectivity index (χ1) is 6.83. The van der Waals surface area contributed by atoms with Crippen LogP contribution in [0.25, 0.3) is 11.6 Å². The van der Waals surface area contributed by atoms with E-state index in [0.717, 1.165) is 17.2 Å². The van der Waals surface area contributed by atoms with E-state index in [9.17, 15) is 0 Å². The first-order valence-corrected chi connectivity index (χ1v) is 4.89. The van der Waals surface area contributed by atoms with Crippen molar-refractivity contribution in [3.63, 3.8) is 0 Å². The number of rotatable bonds is 2. The summed E-state index contributed by atoms with van der Waals surface area (Å²) in [5, 5.41) is 0.959. The van der Waals surface area contributed by atoms with Gasteiger partial charge in [-0.25, -0.2) is 4.98 Å². The number of aromatic nitrogens is 1. The molecule has 1 unspecified atom stereocenters. The fourth-order valence-corrected chi connectivity index (χ4v) is 1.52. The lowest BCUT2D eigenvalue weighted by Gasteiger charge is -2.06. The van der Waals surface area contributed by atoms with Crippen molar-refractivity contribution in [1.82, 2.24) is 4.98 Å². The van der Waals surface area contributed by atoms with Crippen LogP contribution in [0, 0.1) is 5.92 Å². The first kappa shape index (κ1) is 9.04. The number of allylic oxidation sites excluding steroid dienone is 1. The van der Waals surface area contributed by atoms with Gasteiger partial charge in [0.25, 0.3) is 0 Å². The Kier molecular flexibility index (Phi) is 2.38. The number of hydrogen-bond donors (Lipinski definition) is 0. The van der Waals surface area contributed by atoms with Gasteiger partial charge in [0.15, 0.2) is 11.8 Å². The molecular formula is C12H13NO. The van der Waals surface area contributed by atoms with Crippen LogP contribution in [0.2, 0.25) is 0 Å². The average molecular weight is 187 g/mol. The molecule has 0 fully saturated rings. The predicted octanol–water partition coefficient (Wildman–Crippen LogP) is 1.38. The zero-order chi connectivity index (χ0) is 9.97. The number of fused-ring (bicyclic) bond motifs is 1. The minimum absolute atomic E-state index is 0.492. The molecule has 72 valence electrons. The smallest absolute Gasteiger partial charge is 0.181 e. The fraction of sp³-hybridized carbons (Fsp3) is 0.333. The maximum absolute atomic E-state index is 5.28. The molecule has 1 aromatic rings. The van der Waals surface area contributed by atoms with Gasteiger partial charge >= 0.3 is 0 Å². The van der Waals surface area contributed by atoms with Gasteiger partial charge in [-0.15, -0.1) is 5.73 Å². The molecule has 0 saturated carbocycles. The van der Waals surface area contributed by atoms with Gasteiger partial charge in [-0.1, -0.05) is 13.8 Å². The average Bonchev–Trinajstić information content (AvgIpc) is 2.57. The normalized spacial score (nSPS) is 16.0. The Morgan fingerprint density at radius 1 is 1.57 bits per heavy atom. The maximum atomic E-state index is 5.28. The lowest BCUT2D eigenvalue weighted by molar-refractivity contribution is 0.524. The Morgan fingerprint density at radius 3 is 3.21 bits per heavy atom. The second kappa shape index (κ2) is 3.69. The number of oxazole rings is 1. The van der Waals surface area contributed by atoms with E-state index in [1.165, 1.54) is 12.0 Å². The van der Waals surface area contributed by atoms with Crippen molar-refractivity contribution in [2.24, 2.45) is 5.92 Å². The fourth-order valence-electron chi connectivity index (χ4n) is 1.52. The molecule has 0 amide bonds. The summed E-state index contributed by atoms with van der Waals surface area (Å²) >= 11 is 0. The highest BCUT2D eigenvalue weighted by Crippen LogP contribution is 2.14. The van der Waals surface area contributed by atoms with Gasteiger partial charge < -0.3 is 4.42 Å². The first-order valence-electron chi connectivity index (χ1n) is 4.89. The topological polar surface area (TPSA) is 26.0 Å². The van der Waals surface area contributed by atoms with Crippen LogP contribution in [-0.2, 0) is 0 Å². The van der Waals surface area contributed by atoms with E-state index in [1.807, 2.05) is 18.2 Å². The third-order valence-corrected chi connectivity index (χ3v) is 2.58. The Hall–Kier alpha value is -1.53. The van der Waals surface area contributed by atoms with Gasteiger partial charge in [0, 0.05) is 0 Å². The van der Waals surface area contributed by atoms with Crippen molar-refractivity contribution in [1.29, 1.82) is 0 Å². The molecule has 0 aliphatic heterocycles. The van der Waals surface area contributed by atoms with Gasteiger partial charge in [0.05, 0.1) is 0 Å². The molecule has 1 aromatic heterocycles. The monoisotopic (exact) mass is 187 g/mol. The van der Waals surface area contributed by atoms with E-state index in [4.69, 9.17) is 4.42 Å². The van der Waals surface area contributed by atoms with E-state index in [2.05, 4.69) is 24.6 Å². The summed E-state index contributed by atoms with van der Waals surface area (Å²) in [7, 11) is 0. The SMILES string of the molecule is CCC(C)C1=c2ncoc2=CC=C=C1. The second-order valence-electron chi connectivity index (χ2n) is 3.47. The van der Waals surface area contributed by atoms with Crippen molar-refractivity contribution in [2.75, 3.05) is 0 Å². The number of hydrogen-bond acceptors (Lipinski definition) is 2. The molecule has 1 aliphatic rings. The highest BCUT2D eigenvalue weighted by Gasteiger charge is 2.08. The summed E-state index contributed by atoms with van der Waals surface area (Å²) in [5.41, 5.74) is 5.15. The summed E-state index contributed by atoms with van der Waals surface area (Å²) in [6.07, 6.45) is 8.35. The molecule has 1 heterocycles. The standard InChI is InChI=1S/C12H13NO/c1-3-9(2)10-6-4-5-7-11-12(10)13-8-14-11/h5-9H,3H2,1-2H3. The molecule has 0 N–H and O–H groups in total. The van der Waals surface area contributed by atoms with Crippen molar-refractivity contribution in [3.05, 3.63) is 35.0 Å². The van der Waals surface area contributed by atoms with E-state index in [-0.39, 0.29) is 0 Å². The summed E-state index contributed by atoms with van der Waals surface area (Å²) in [5.74, 6) is 0.492. The molecule has 14 heavy (non-hydrogen) atoms. The quantitative estimate of drug-likeness (QED) is 0.654. The third-order valence-electron chi connectivity index (χ3n) is 2.58. The zero-order valence-electron chi connectivity index (χ0n) is 8.45. The van der Waals surface area contributed by atoms with Gasteiger partial charge in [0.2, 0.25) is 0 Å². The predicted molar refractivity (Wildman–Crippen MR) is 55.7 cm³/mol. The Bertz CT molecular complexity index is 501. The Labute approximate surface area is 83.0 Å². The van der Waals surface area contributed by atoms with Crippen molar-refractivity contribution in [2.45, 2.75) is 20.3 Å². The van der Waals surface area contributed by atoms with Crippen molar-refractivity contribution >= 4 is 11.6 Å². The van der Waals surface area contributed by atoms with Crippen molar-refractivity contribution in [3.8, 4) is 0 Å². The highest BCUT2D eigenvalue weighted by atomic mass is 16.3. The van der Waals surface area contributed by atoms with Crippen LogP contribution in [-0.4, -0.2) is 4.98 Å². The molecule has 0 saturated heterocycles. The largest absolute Gasteiger partial charge is 0.443 e. The second-order valence-corrected chi connectivity index (χ2v) is 3.47. The lowest BCUT2D eigenvalue weighted by Crippen LogP contribution is -2.26. The van der Waals surface area contributed by atoms with Crippen LogP contribution in [0.15, 0.2) is 28.7 Å². The van der Waals surface area contributed by atoms with Crippen molar-refractivity contribution < 1.29 is 4.42 Å². The van der Waals surface area contributed by atoms with Crippen LogP contribution in [0.1, 0.15) is 20.3 Å². The van der Waals surface area contributed by atoms with Crippen LogP contribution in [0.3, 0.4) is 0 Å². The number of nitrogens with zero attached hydrogens (tertiary/aromatic N) is 1. The Morgan fingerprint density at radius 2 is 2.43 bits per heavy atom. The molecule has 1 aliphatic carbocycles. The van der Waals surface area contributed by atoms with Gasteiger partial charge in [-0.3, -0.25) is 0 Å². The molecule has 1 atom stereocenters. The van der Waals surface area contributed by atoms with E-state index in [0.29, 0.717) is 5.92 Å². The van der Waals surface area contributed by atoms with E-state index >= 15 is 0 Å². The van der Waals surface area contributed by atoms with Gasteiger partial charge in [0.1, 0.15) is 5.35 Å². The Balaban J connectivity index is 2.73. The molecule has 0 bridgehead atoms. The minimum Gasteiger partial charge on any atom is -0.443 e. The van der Waals surface area contributed by atoms with Crippen LogP contribution >= 0.6 is 0 Å². The minimum atomic E-state index is 0.492. The summed E-state index contributed by atoms with van der Waals surface area (Å²) in [4.78, 5) is 4.24. The molecule has 0 radical (unpaired) electrons. The summed E-state index contributed by atoms with van der Waals surface area (Å²) in [6, 6.07) is 0. The summed E-state index contributed by atoms with van der Waals surface area (Å²) in [6.45, 7) is 4.36. The highest BCUT2D eigenvalue weighted by molar-refractivity contribution is 5.59. The summed E-state index contributed by atoms with van der Waals surface area (Å²) < 4.78 is 5.28. The van der Waals surface area contributed by atoms with E-state index < -0.39 is 0 Å². The van der Waals surface area contributed by atoms with Crippen LogP contribution in [0.5, 0.6) is 0 Å². The van der Waals surface area contributed by atoms with Gasteiger partial charge in [-0.2, -0.15) is 0 Å². The van der Waals surface area contributed by atoms with Crippen LogP contribution < -0.4 is 10.8 Å². The van der Waals surface area contributed by atoms with E-state index in [1.54, 1.807) is 0 Å². The molecular weight excluding hydrogens is 174 g/mol. The molecule has 0 aromatic carbocycles. The molecule has 2 heteroatoms. The van der Waals surface area contributed by atoms with Gasteiger partial charge in [-0.05, 0) is 36.1 Å². The third kappa shape index (κ3) is 1.45. The molecule has 2 rings (SSSR count). The zero-order valence-corrected chi connectivity index (χ0v) is 8.45.